The molecule has 0 fully saturated rings. The topological polar surface area (TPSA) is 46.5 Å². The van der Waals surface area contributed by atoms with Crippen LogP contribution in [0.15, 0.2) is 11.8 Å². The van der Waals surface area contributed by atoms with Crippen molar-refractivity contribution in [1.82, 2.24) is 0 Å². The van der Waals surface area contributed by atoms with Gasteiger partial charge in [-0.05, 0) is 19.8 Å². The summed E-state index contributed by atoms with van der Waals surface area (Å²) < 4.78 is 4.91. The Morgan fingerprint density at radius 3 is 2.58 bits per heavy atom. The van der Waals surface area contributed by atoms with Crippen LogP contribution in [-0.4, -0.2) is 17.7 Å². The van der Waals surface area contributed by atoms with Crippen LogP contribution in [-0.2, 0) is 9.53 Å². The maximum Gasteiger partial charge on any atom is 0.334 e. The quantitative estimate of drug-likeness (QED) is 0.493. The Bertz CT molecular complexity index is 161. The number of rotatable bonds is 6. The Kier molecular flexibility index (Phi) is 6.15. The second-order valence-electron chi connectivity index (χ2n) is 2.51. The van der Waals surface area contributed by atoms with Crippen LogP contribution >= 0.6 is 0 Å². The van der Waals surface area contributed by atoms with Crippen molar-refractivity contribution in [3.8, 4) is 0 Å². The predicted octanol–water partition coefficient (Wildman–Crippen LogP) is 2.18. The molecule has 0 amide bonds. The molecule has 0 saturated heterocycles. The first-order valence-corrected chi connectivity index (χ1v) is 4.26. The lowest BCUT2D eigenvalue weighted by molar-refractivity contribution is -0.133. The third kappa shape index (κ3) is 4.77. The number of carboxylic acid groups (broad SMARTS) is 1. The van der Waals surface area contributed by atoms with Crippen LogP contribution in [0.4, 0.5) is 0 Å². The third-order valence-corrected chi connectivity index (χ3v) is 1.47. The van der Waals surface area contributed by atoms with Gasteiger partial charge in [0.1, 0.15) is 0 Å². The maximum absolute atomic E-state index is 10.6. The van der Waals surface area contributed by atoms with E-state index in [9.17, 15) is 4.79 Å². The number of carboxylic acids is 1. The van der Waals surface area contributed by atoms with Gasteiger partial charge in [-0.25, -0.2) is 4.79 Å². The van der Waals surface area contributed by atoms with Gasteiger partial charge in [0.05, 0.1) is 18.4 Å². The van der Waals surface area contributed by atoms with Crippen molar-refractivity contribution in [2.45, 2.75) is 33.1 Å². The average molecular weight is 172 g/mol. The number of carbonyl (C=O) groups is 1. The van der Waals surface area contributed by atoms with Gasteiger partial charge in [-0.3, -0.25) is 0 Å². The SMILES string of the molecule is CCCCC(=COCC)C(=O)O. The maximum atomic E-state index is 10.6. The van der Waals surface area contributed by atoms with Gasteiger partial charge in [-0.2, -0.15) is 0 Å². The van der Waals surface area contributed by atoms with Gasteiger partial charge >= 0.3 is 5.97 Å². The highest BCUT2D eigenvalue weighted by Crippen LogP contribution is 2.07. The first-order chi connectivity index (χ1) is 5.72. The second-order valence-corrected chi connectivity index (χ2v) is 2.51. The molecule has 0 radical (unpaired) electrons. The number of hydrogen-bond acceptors (Lipinski definition) is 2. The third-order valence-electron chi connectivity index (χ3n) is 1.47. The standard InChI is InChI=1S/C9H16O3/c1-3-5-6-8(9(10)11)7-12-4-2/h7H,3-6H2,1-2H3,(H,10,11). The molecule has 1 N–H and O–H groups in total. The molecule has 0 aliphatic rings. The number of aliphatic carboxylic acids is 1. The van der Waals surface area contributed by atoms with Crippen molar-refractivity contribution in [3.63, 3.8) is 0 Å². The summed E-state index contributed by atoms with van der Waals surface area (Å²) in [7, 11) is 0. The molecule has 0 aromatic carbocycles. The van der Waals surface area contributed by atoms with E-state index in [1.54, 1.807) is 0 Å². The Morgan fingerprint density at radius 1 is 1.50 bits per heavy atom. The van der Waals surface area contributed by atoms with E-state index in [0.29, 0.717) is 18.6 Å². The van der Waals surface area contributed by atoms with Gasteiger partial charge in [0.2, 0.25) is 0 Å². The fourth-order valence-electron chi connectivity index (χ4n) is 0.767. The van der Waals surface area contributed by atoms with Crippen LogP contribution in [0.25, 0.3) is 0 Å². The van der Waals surface area contributed by atoms with E-state index in [4.69, 9.17) is 9.84 Å². The fourth-order valence-corrected chi connectivity index (χ4v) is 0.767. The Labute approximate surface area is 73.0 Å². The minimum atomic E-state index is -0.878. The number of hydrogen-bond donors (Lipinski definition) is 1. The highest BCUT2D eigenvalue weighted by atomic mass is 16.5. The molecular weight excluding hydrogens is 156 g/mol. The second kappa shape index (κ2) is 6.70. The summed E-state index contributed by atoms with van der Waals surface area (Å²) in [5, 5.41) is 8.68. The zero-order chi connectivity index (χ0) is 9.40. The monoisotopic (exact) mass is 172 g/mol. The molecule has 3 nitrogen and oxygen atoms in total. The lowest BCUT2D eigenvalue weighted by Gasteiger charge is -2.00. The van der Waals surface area contributed by atoms with E-state index < -0.39 is 5.97 Å². The zero-order valence-electron chi connectivity index (χ0n) is 7.67. The van der Waals surface area contributed by atoms with Gasteiger partial charge in [0.15, 0.2) is 0 Å². The summed E-state index contributed by atoms with van der Waals surface area (Å²) >= 11 is 0. The van der Waals surface area contributed by atoms with Gasteiger partial charge in [0, 0.05) is 0 Å². The molecule has 0 aliphatic heterocycles. The molecule has 0 bridgehead atoms. The van der Waals surface area contributed by atoms with Crippen molar-refractivity contribution in [2.75, 3.05) is 6.61 Å². The molecule has 12 heavy (non-hydrogen) atoms. The number of unbranched alkanes of at least 4 members (excludes halogenated alkanes) is 1. The normalized spacial score (nSPS) is 11.3. The molecule has 0 spiro atoms. The average Bonchev–Trinajstić information content (AvgIpc) is 2.04. The lowest BCUT2D eigenvalue weighted by Crippen LogP contribution is -2.01. The fraction of sp³-hybridized carbons (Fsp3) is 0.667. The van der Waals surface area contributed by atoms with Crippen LogP contribution in [0.1, 0.15) is 33.1 Å². The molecule has 0 aliphatic carbocycles. The minimum Gasteiger partial charge on any atom is -0.501 e. The van der Waals surface area contributed by atoms with E-state index in [-0.39, 0.29) is 0 Å². The summed E-state index contributed by atoms with van der Waals surface area (Å²) in [6.07, 6.45) is 3.83. The first kappa shape index (κ1) is 11.0. The molecule has 0 rings (SSSR count). The Morgan fingerprint density at radius 2 is 2.17 bits per heavy atom. The summed E-state index contributed by atoms with van der Waals surface area (Å²) in [5.74, 6) is -0.878. The predicted molar refractivity (Wildman–Crippen MR) is 46.9 cm³/mol. The number of ether oxygens (including phenoxy) is 1. The smallest absolute Gasteiger partial charge is 0.334 e. The molecule has 3 heteroatoms. The van der Waals surface area contributed by atoms with Crippen molar-refractivity contribution < 1.29 is 14.6 Å². The molecule has 0 aromatic heterocycles. The summed E-state index contributed by atoms with van der Waals surface area (Å²) in [6.45, 7) is 4.37. The van der Waals surface area contributed by atoms with Crippen molar-refractivity contribution >= 4 is 5.97 Å². The van der Waals surface area contributed by atoms with E-state index in [2.05, 4.69) is 0 Å². The molecule has 0 saturated carbocycles. The summed E-state index contributed by atoms with van der Waals surface area (Å²) in [5.41, 5.74) is 0.360. The largest absolute Gasteiger partial charge is 0.501 e. The van der Waals surface area contributed by atoms with Crippen LogP contribution in [0.2, 0.25) is 0 Å². The summed E-state index contributed by atoms with van der Waals surface area (Å²) in [4.78, 5) is 10.6. The van der Waals surface area contributed by atoms with Crippen LogP contribution < -0.4 is 0 Å². The molecule has 0 atom stereocenters. The lowest BCUT2D eigenvalue weighted by atomic mass is 10.1. The van der Waals surface area contributed by atoms with Crippen LogP contribution in [0, 0.1) is 0 Å². The minimum absolute atomic E-state index is 0.360. The van der Waals surface area contributed by atoms with E-state index in [1.165, 1.54) is 6.26 Å². The first-order valence-electron chi connectivity index (χ1n) is 4.26. The van der Waals surface area contributed by atoms with Crippen molar-refractivity contribution in [3.05, 3.63) is 11.8 Å². The molecule has 0 unspecified atom stereocenters. The van der Waals surface area contributed by atoms with Gasteiger partial charge in [-0.1, -0.05) is 13.3 Å². The Hall–Kier alpha value is -0.990. The van der Waals surface area contributed by atoms with E-state index in [1.807, 2.05) is 13.8 Å². The van der Waals surface area contributed by atoms with Crippen molar-refractivity contribution in [2.24, 2.45) is 0 Å². The molecular formula is C9H16O3. The molecule has 70 valence electrons. The van der Waals surface area contributed by atoms with Gasteiger partial charge in [-0.15, -0.1) is 0 Å². The molecule has 0 heterocycles. The highest BCUT2D eigenvalue weighted by Gasteiger charge is 2.05. The van der Waals surface area contributed by atoms with E-state index in [0.717, 1.165) is 12.8 Å². The van der Waals surface area contributed by atoms with E-state index >= 15 is 0 Å². The Balaban J connectivity index is 3.94. The zero-order valence-corrected chi connectivity index (χ0v) is 7.67. The van der Waals surface area contributed by atoms with Crippen molar-refractivity contribution in [1.29, 1.82) is 0 Å². The van der Waals surface area contributed by atoms with Gasteiger partial charge in [0.25, 0.3) is 0 Å². The van der Waals surface area contributed by atoms with Gasteiger partial charge < -0.3 is 9.84 Å². The summed E-state index contributed by atoms with van der Waals surface area (Å²) in [6, 6.07) is 0. The highest BCUT2D eigenvalue weighted by molar-refractivity contribution is 5.86. The van der Waals surface area contributed by atoms with Crippen LogP contribution in [0.5, 0.6) is 0 Å². The molecule has 0 aromatic rings. The van der Waals surface area contributed by atoms with Crippen LogP contribution in [0.3, 0.4) is 0 Å².